The maximum absolute atomic E-state index is 12.1. The lowest BCUT2D eigenvalue weighted by Gasteiger charge is -2.07. The van der Waals surface area contributed by atoms with E-state index in [1.807, 2.05) is 18.2 Å². The number of benzene rings is 1. The second-order valence-electron chi connectivity index (χ2n) is 6.16. The zero-order valence-electron chi connectivity index (χ0n) is 13.8. The van der Waals surface area contributed by atoms with E-state index in [2.05, 4.69) is 15.6 Å². The van der Waals surface area contributed by atoms with E-state index in [-0.39, 0.29) is 24.2 Å². The second-order valence-corrected chi connectivity index (χ2v) is 7.42. The number of thiazole rings is 1. The van der Waals surface area contributed by atoms with Crippen molar-refractivity contribution in [3.05, 3.63) is 45.9 Å². The Morgan fingerprint density at radius 2 is 2.00 bits per heavy atom. The van der Waals surface area contributed by atoms with Gasteiger partial charge >= 0.3 is 0 Å². The van der Waals surface area contributed by atoms with Gasteiger partial charge in [-0.3, -0.25) is 9.59 Å². The maximum Gasteiger partial charge on any atom is 0.229 e. The van der Waals surface area contributed by atoms with Crippen molar-refractivity contribution in [3.8, 4) is 0 Å². The van der Waals surface area contributed by atoms with E-state index < -0.39 is 0 Å². The van der Waals surface area contributed by atoms with Crippen molar-refractivity contribution in [1.29, 1.82) is 0 Å². The van der Waals surface area contributed by atoms with Crippen LogP contribution in [0.1, 0.15) is 36.9 Å². The van der Waals surface area contributed by atoms with Crippen LogP contribution >= 0.6 is 22.9 Å². The van der Waals surface area contributed by atoms with E-state index in [4.69, 9.17) is 11.6 Å². The highest BCUT2D eigenvalue weighted by molar-refractivity contribution is 7.13. The van der Waals surface area contributed by atoms with Crippen LogP contribution in [0, 0.1) is 5.92 Å². The smallest absolute Gasteiger partial charge is 0.229 e. The average molecular weight is 378 g/mol. The summed E-state index contributed by atoms with van der Waals surface area (Å²) in [5, 5.41) is 8.70. The summed E-state index contributed by atoms with van der Waals surface area (Å²) < 4.78 is 0. The summed E-state index contributed by atoms with van der Waals surface area (Å²) >= 11 is 7.42. The fraction of sp³-hybridized carbons (Fsp3) is 0.389. The molecular weight excluding hydrogens is 358 g/mol. The Bertz CT molecular complexity index is 756. The second kappa shape index (κ2) is 8.45. The topological polar surface area (TPSA) is 71.1 Å². The Kier molecular flexibility index (Phi) is 6.04. The molecule has 2 N–H and O–H groups in total. The molecule has 2 aromatic rings. The van der Waals surface area contributed by atoms with Gasteiger partial charge in [-0.05, 0) is 24.5 Å². The van der Waals surface area contributed by atoms with Crippen LogP contribution in [0.4, 0.5) is 5.13 Å². The normalized spacial score (nSPS) is 14.4. The number of nitrogens with zero attached hydrogens (tertiary/aromatic N) is 1. The molecule has 0 aliphatic heterocycles. The first-order valence-electron chi connectivity index (χ1n) is 8.37. The molecule has 1 heterocycles. The molecule has 0 spiro atoms. The van der Waals surface area contributed by atoms with Gasteiger partial charge < -0.3 is 10.6 Å². The molecule has 25 heavy (non-hydrogen) atoms. The average Bonchev–Trinajstić information content (AvgIpc) is 3.26. The number of rotatable bonds is 6. The number of nitrogens with one attached hydrogen (secondary N) is 2. The molecule has 1 aliphatic rings. The Morgan fingerprint density at radius 1 is 1.24 bits per heavy atom. The van der Waals surface area contributed by atoms with E-state index in [0.29, 0.717) is 22.4 Å². The van der Waals surface area contributed by atoms with Crippen LogP contribution < -0.4 is 10.6 Å². The van der Waals surface area contributed by atoms with E-state index >= 15 is 0 Å². The van der Waals surface area contributed by atoms with Crippen LogP contribution in [0.2, 0.25) is 5.02 Å². The number of anilines is 1. The molecule has 1 saturated carbocycles. The number of carbonyl (C=O) groups is 2. The van der Waals surface area contributed by atoms with Gasteiger partial charge in [0.1, 0.15) is 0 Å². The lowest BCUT2D eigenvalue weighted by molar-refractivity contribution is -0.121. The quantitative estimate of drug-likeness (QED) is 0.804. The minimum Gasteiger partial charge on any atom is -0.352 e. The Morgan fingerprint density at radius 3 is 2.76 bits per heavy atom. The van der Waals surface area contributed by atoms with Crippen LogP contribution in [-0.4, -0.2) is 16.8 Å². The monoisotopic (exact) mass is 377 g/mol. The molecule has 132 valence electrons. The van der Waals surface area contributed by atoms with Crippen LogP contribution in [0.5, 0.6) is 0 Å². The Labute approximate surface area is 155 Å². The molecule has 5 nitrogen and oxygen atoms in total. The number of aromatic nitrogens is 1. The van der Waals surface area contributed by atoms with Gasteiger partial charge in [0, 0.05) is 22.9 Å². The fourth-order valence-electron chi connectivity index (χ4n) is 2.90. The van der Waals surface area contributed by atoms with Gasteiger partial charge in [0.25, 0.3) is 0 Å². The molecule has 0 bridgehead atoms. The minimum atomic E-state index is -0.126. The van der Waals surface area contributed by atoms with Gasteiger partial charge in [0.2, 0.25) is 11.8 Å². The van der Waals surface area contributed by atoms with Gasteiger partial charge in [0.05, 0.1) is 12.1 Å². The summed E-state index contributed by atoms with van der Waals surface area (Å²) in [6, 6.07) is 7.41. The van der Waals surface area contributed by atoms with Crippen molar-refractivity contribution in [2.45, 2.75) is 38.6 Å². The summed E-state index contributed by atoms with van der Waals surface area (Å²) in [5.41, 5.74) is 1.53. The highest BCUT2D eigenvalue weighted by Crippen LogP contribution is 2.26. The van der Waals surface area contributed by atoms with Crippen LogP contribution in [0.15, 0.2) is 29.6 Å². The first kappa shape index (κ1) is 17.9. The van der Waals surface area contributed by atoms with Crippen molar-refractivity contribution in [2.24, 2.45) is 5.92 Å². The summed E-state index contributed by atoms with van der Waals surface area (Å²) in [4.78, 5) is 28.5. The lowest BCUT2D eigenvalue weighted by Crippen LogP contribution is -2.25. The van der Waals surface area contributed by atoms with E-state index in [1.54, 1.807) is 11.4 Å². The third kappa shape index (κ3) is 5.03. The van der Waals surface area contributed by atoms with Crippen LogP contribution in [-0.2, 0) is 22.6 Å². The van der Waals surface area contributed by atoms with Crippen molar-refractivity contribution < 1.29 is 9.59 Å². The molecule has 7 heteroatoms. The highest BCUT2D eigenvalue weighted by atomic mass is 35.5. The minimum absolute atomic E-state index is 0.0431. The fourth-order valence-corrected chi connectivity index (χ4v) is 3.82. The number of amides is 2. The molecule has 0 atom stereocenters. The Hall–Kier alpha value is -1.92. The van der Waals surface area contributed by atoms with Crippen molar-refractivity contribution >= 4 is 39.9 Å². The van der Waals surface area contributed by atoms with E-state index in [9.17, 15) is 9.59 Å². The van der Waals surface area contributed by atoms with Gasteiger partial charge in [-0.2, -0.15) is 0 Å². The van der Waals surface area contributed by atoms with Gasteiger partial charge in [0.15, 0.2) is 5.13 Å². The SMILES string of the molecule is O=C(Cc1csc(NC(=O)C2CCCC2)n1)NCc1ccccc1Cl. The van der Waals surface area contributed by atoms with Gasteiger partial charge in [-0.25, -0.2) is 4.98 Å². The van der Waals surface area contributed by atoms with Crippen LogP contribution in [0.25, 0.3) is 0 Å². The molecule has 0 saturated heterocycles. The predicted octanol–water partition coefficient (Wildman–Crippen LogP) is 3.78. The number of halogens is 1. The maximum atomic E-state index is 12.1. The van der Waals surface area contributed by atoms with Gasteiger partial charge in [-0.1, -0.05) is 42.6 Å². The van der Waals surface area contributed by atoms with Crippen molar-refractivity contribution in [2.75, 3.05) is 5.32 Å². The van der Waals surface area contributed by atoms with Crippen molar-refractivity contribution in [1.82, 2.24) is 10.3 Å². The largest absolute Gasteiger partial charge is 0.352 e. The molecular formula is C18H20ClN3O2S. The molecule has 1 fully saturated rings. The van der Waals surface area contributed by atoms with E-state index in [0.717, 1.165) is 31.2 Å². The van der Waals surface area contributed by atoms with Crippen molar-refractivity contribution in [3.63, 3.8) is 0 Å². The molecule has 2 amide bonds. The number of hydrogen-bond donors (Lipinski definition) is 2. The highest BCUT2D eigenvalue weighted by Gasteiger charge is 2.23. The first-order chi connectivity index (χ1) is 12.1. The summed E-state index contributed by atoms with van der Waals surface area (Å²) in [7, 11) is 0. The van der Waals surface area contributed by atoms with E-state index in [1.165, 1.54) is 11.3 Å². The molecule has 0 unspecified atom stereocenters. The third-order valence-electron chi connectivity index (χ3n) is 4.28. The molecule has 3 rings (SSSR count). The number of carbonyl (C=O) groups excluding carboxylic acids is 2. The third-order valence-corrected chi connectivity index (χ3v) is 5.46. The summed E-state index contributed by atoms with van der Waals surface area (Å²) in [6.45, 7) is 0.383. The lowest BCUT2D eigenvalue weighted by atomic mass is 10.1. The Balaban J connectivity index is 1.48. The standard InChI is InChI=1S/C18H20ClN3O2S/c19-15-8-4-3-7-13(15)10-20-16(23)9-14-11-25-18(21-14)22-17(24)12-5-1-2-6-12/h3-4,7-8,11-12H,1-2,5-6,9-10H2,(H,20,23)(H,21,22,24). The molecule has 1 aromatic carbocycles. The molecule has 1 aliphatic carbocycles. The zero-order chi connectivity index (χ0) is 17.6. The summed E-state index contributed by atoms with van der Waals surface area (Å²) in [6.07, 6.45) is 4.32. The van der Waals surface area contributed by atoms with Gasteiger partial charge in [-0.15, -0.1) is 11.3 Å². The number of hydrogen-bond acceptors (Lipinski definition) is 4. The summed E-state index contributed by atoms with van der Waals surface area (Å²) in [5.74, 6) is 0.0201. The molecule has 0 radical (unpaired) electrons. The first-order valence-corrected chi connectivity index (χ1v) is 9.63. The molecule has 1 aromatic heterocycles. The zero-order valence-corrected chi connectivity index (χ0v) is 15.3. The van der Waals surface area contributed by atoms with Crippen LogP contribution in [0.3, 0.4) is 0 Å². The predicted molar refractivity (Wildman–Crippen MR) is 99.7 cm³/mol.